The predicted octanol–water partition coefficient (Wildman–Crippen LogP) is 1.58. The molecule has 1 unspecified atom stereocenters. The van der Waals surface area contributed by atoms with Gasteiger partial charge in [-0.3, -0.25) is 4.55 Å². The molecule has 0 bridgehead atoms. The first kappa shape index (κ1) is 17.0. The third-order valence-electron chi connectivity index (χ3n) is 1.97. The molecule has 0 saturated carbocycles. The van der Waals surface area contributed by atoms with Crippen molar-refractivity contribution < 1.29 is 13.0 Å². The molecular weight excluding hydrogens is 215 g/mol. The topological polar surface area (TPSA) is 54.4 Å². The molecule has 0 rings (SSSR count). The molecule has 0 aliphatic carbocycles. The average Bonchev–Trinajstić information content (AvgIpc) is 1.96. The van der Waals surface area contributed by atoms with Gasteiger partial charge in [0.05, 0.1) is 5.25 Å². The van der Waals surface area contributed by atoms with Crippen LogP contribution in [0.5, 0.6) is 0 Å². The second-order valence-corrected chi connectivity index (χ2v) is 5.01. The molecule has 1 atom stereocenters. The Morgan fingerprint density at radius 3 is 2.15 bits per heavy atom. The third-order valence-corrected chi connectivity index (χ3v) is 3.23. The van der Waals surface area contributed by atoms with Crippen molar-refractivity contribution in [3.05, 3.63) is 0 Å². The van der Waals surface area contributed by atoms with Crippen LogP contribution in [0.3, 0.4) is 0 Å². The second kappa shape index (κ2) is 8.82. The summed E-state index contributed by atoms with van der Waals surface area (Å²) in [5, 5.41) is -0.602. The summed E-state index contributed by atoms with van der Waals surface area (Å²) in [4.78, 5) is 0. The van der Waals surface area contributed by atoms with Gasteiger partial charge in [0.15, 0.2) is 0 Å². The van der Waals surface area contributed by atoms with E-state index in [0.29, 0.717) is 6.42 Å². The fourth-order valence-corrected chi connectivity index (χ4v) is 1.47. The fraction of sp³-hybridized carbons (Fsp3) is 1.00. The van der Waals surface area contributed by atoms with E-state index in [2.05, 4.69) is 6.92 Å². The van der Waals surface area contributed by atoms with Gasteiger partial charge >= 0.3 is 51.4 Å². The first-order chi connectivity index (χ1) is 5.48. The minimum atomic E-state index is -3.79. The van der Waals surface area contributed by atoms with Gasteiger partial charge in [-0.1, -0.05) is 32.6 Å². The summed E-state index contributed by atoms with van der Waals surface area (Å²) in [6, 6.07) is 0. The van der Waals surface area contributed by atoms with E-state index in [1.54, 1.807) is 6.92 Å². The van der Waals surface area contributed by atoms with E-state index in [9.17, 15) is 8.42 Å². The van der Waals surface area contributed by atoms with Gasteiger partial charge in [0, 0.05) is 0 Å². The molecule has 0 spiro atoms. The zero-order chi connectivity index (χ0) is 9.61. The van der Waals surface area contributed by atoms with Crippen LogP contribution in [0.4, 0.5) is 0 Å². The molecule has 13 heavy (non-hydrogen) atoms. The summed E-state index contributed by atoms with van der Waals surface area (Å²) in [7, 11) is -3.79. The van der Waals surface area contributed by atoms with Crippen LogP contribution in [-0.4, -0.2) is 69.6 Å². The molecule has 0 heterocycles. The maximum absolute atomic E-state index is 10.6. The van der Waals surface area contributed by atoms with Crippen LogP contribution in [0.1, 0.15) is 46.0 Å². The molecule has 0 aliphatic rings. The SMILES string of the molecule is CCCCCCC(C)S(=O)(=O)O.[KH]. The van der Waals surface area contributed by atoms with Crippen molar-refractivity contribution in [3.8, 4) is 0 Å². The van der Waals surface area contributed by atoms with Gasteiger partial charge in [-0.15, -0.1) is 0 Å². The van der Waals surface area contributed by atoms with E-state index >= 15 is 0 Å². The van der Waals surface area contributed by atoms with Crippen LogP contribution in [0, 0.1) is 0 Å². The maximum atomic E-state index is 10.6. The molecule has 1 N–H and O–H groups in total. The van der Waals surface area contributed by atoms with E-state index in [0.717, 1.165) is 25.7 Å². The van der Waals surface area contributed by atoms with Crippen LogP contribution in [-0.2, 0) is 10.1 Å². The van der Waals surface area contributed by atoms with Crippen molar-refractivity contribution in [3.63, 3.8) is 0 Å². The van der Waals surface area contributed by atoms with Gasteiger partial charge in [-0.2, -0.15) is 8.42 Å². The quantitative estimate of drug-likeness (QED) is 0.431. The van der Waals surface area contributed by atoms with E-state index in [4.69, 9.17) is 4.55 Å². The van der Waals surface area contributed by atoms with Crippen LogP contribution >= 0.6 is 0 Å². The molecule has 0 aromatic heterocycles. The van der Waals surface area contributed by atoms with E-state index < -0.39 is 15.4 Å². The van der Waals surface area contributed by atoms with Crippen LogP contribution < -0.4 is 0 Å². The van der Waals surface area contributed by atoms with E-state index in [-0.39, 0.29) is 51.4 Å². The van der Waals surface area contributed by atoms with Crippen molar-refractivity contribution in [1.82, 2.24) is 0 Å². The molecule has 3 nitrogen and oxygen atoms in total. The molecule has 76 valence electrons. The van der Waals surface area contributed by atoms with Crippen molar-refractivity contribution in [2.45, 2.75) is 51.2 Å². The molecule has 0 aliphatic heterocycles. The average molecular weight is 234 g/mol. The Morgan fingerprint density at radius 2 is 1.77 bits per heavy atom. The monoisotopic (exact) mass is 234 g/mol. The zero-order valence-electron chi connectivity index (χ0n) is 7.78. The van der Waals surface area contributed by atoms with Crippen LogP contribution in [0.25, 0.3) is 0 Å². The number of hydrogen-bond donors (Lipinski definition) is 1. The van der Waals surface area contributed by atoms with Crippen molar-refractivity contribution in [1.29, 1.82) is 0 Å². The summed E-state index contributed by atoms with van der Waals surface area (Å²) in [6.45, 7) is 3.65. The van der Waals surface area contributed by atoms with E-state index in [1.165, 1.54) is 0 Å². The molecule has 5 heteroatoms. The van der Waals surface area contributed by atoms with E-state index in [1.807, 2.05) is 0 Å². The van der Waals surface area contributed by atoms with Gasteiger partial charge in [0.2, 0.25) is 0 Å². The zero-order valence-corrected chi connectivity index (χ0v) is 8.60. The molecule has 0 radical (unpaired) electrons. The molecule has 0 amide bonds. The normalized spacial score (nSPS) is 13.5. The Morgan fingerprint density at radius 1 is 1.23 bits per heavy atom. The van der Waals surface area contributed by atoms with Crippen LogP contribution in [0.15, 0.2) is 0 Å². The third kappa shape index (κ3) is 9.84. The number of rotatable bonds is 6. The first-order valence-electron chi connectivity index (χ1n) is 4.44. The second-order valence-electron chi connectivity index (χ2n) is 3.17. The Balaban J connectivity index is 0. The van der Waals surface area contributed by atoms with Gasteiger partial charge in [0.1, 0.15) is 0 Å². The summed E-state index contributed by atoms with van der Waals surface area (Å²) in [6.07, 6.45) is 4.78. The molecular formula is C8H19KO3S. The number of unbranched alkanes of at least 4 members (excludes halogenated alkanes) is 3. The summed E-state index contributed by atoms with van der Waals surface area (Å²) >= 11 is 0. The molecule has 0 saturated heterocycles. The Hall–Kier alpha value is 1.55. The fourth-order valence-electron chi connectivity index (χ4n) is 1.01. The van der Waals surface area contributed by atoms with Gasteiger partial charge < -0.3 is 0 Å². The van der Waals surface area contributed by atoms with Gasteiger partial charge in [0.25, 0.3) is 10.1 Å². The summed E-state index contributed by atoms with van der Waals surface area (Å²) in [5.41, 5.74) is 0. The van der Waals surface area contributed by atoms with Crippen molar-refractivity contribution in [2.24, 2.45) is 0 Å². The molecule has 0 fully saturated rings. The summed E-state index contributed by atoms with van der Waals surface area (Å²) in [5.74, 6) is 0. The first-order valence-corrected chi connectivity index (χ1v) is 5.95. The van der Waals surface area contributed by atoms with Gasteiger partial charge in [-0.25, -0.2) is 0 Å². The summed E-state index contributed by atoms with van der Waals surface area (Å²) < 4.78 is 29.7. The van der Waals surface area contributed by atoms with Gasteiger partial charge in [-0.05, 0) is 13.3 Å². The Labute approximate surface area is 124 Å². The molecule has 0 aromatic rings. The van der Waals surface area contributed by atoms with Crippen molar-refractivity contribution >= 4 is 61.5 Å². The Kier molecular flexibility index (Phi) is 11.5. The molecule has 0 aromatic carbocycles. The standard InChI is InChI=1S/C8H18O3S.K.H/c1-3-4-5-6-7-8(2)12(9,10)11;;/h8H,3-7H2,1-2H3,(H,9,10,11);;. The Bertz CT molecular complexity index is 201. The predicted molar refractivity (Wildman–Crippen MR) is 56.9 cm³/mol. The number of hydrogen-bond acceptors (Lipinski definition) is 2. The minimum absolute atomic E-state index is 0. The van der Waals surface area contributed by atoms with Crippen LogP contribution in [0.2, 0.25) is 0 Å². The van der Waals surface area contributed by atoms with Crippen molar-refractivity contribution in [2.75, 3.05) is 0 Å².